The van der Waals surface area contributed by atoms with Crippen LogP contribution in [0, 0.1) is 0 Å². The second kappa shape index (κ2) is 8.20. The van der Waals surface area contributed by atoms with Crippen molar-refractivity contribution >= 4 is 29.4 Å². The van der Waals surface area contributed by atoms with Crippen molar-refractivity contribution in [2.24, 2.45) is 0 Å². The van der Waals surface area contributed by atoms with Gasteiger partial charge in [-0.25, -0.2) is 4.79 Å². The third-order valence-corrected chi connectivity index (χ3v) is 5.15. The molecule has 0 aromatic heterocycles. The van der Waals surface area contributed by atoms with E-state index in [1.807, 2.05) is 18.4 Å². The van der Waals surface area contributed by atoms with Crippen LogP contribution in [-0.2, 0) is 11.0 Å². The number of rotatable bonds is 4. The molecule has 0 radical (unpaired) electrons. The Morgan fingerprint density at radius 3 is 2.45 bits per heavy atom. The van der Waals surface area contributed by atoms with E-state index in [0.717, 1.165) is 17.0 Å². The average molecular weight is 421 g/mol. The van der Waals surface area contributed by atoms with Crippen molar-refractivity contribution in [3.63, 3.8) is 0 Å². The lowest BCUT2D eigenvalue weighted by atomic mass is 9.95. The Bertz CT molecular complexity index is 972. The fourth-order valence-electron chi connectivity index (χ4n) is 3.01. The number of nitrogens with one attached hydrogen (secondary N) is 3. The van der Waals surface area contributed by atoms with E-state index >= 15 is 0 Å². The van der Waals surface area contributed by atoms with Gasteiger partial charge in [0.05, 0.1) is 17.2 Å². The minimum atomic E-state index is -4.52. The van der Waals surface area contributed by atoms with Crippen molar-refractivity contribution in [1.29, 1.82) is 0 Å². The molecule has 0 saturated carbocycles. The molecule has 29 heavy (non-hydrogen) atoms. The number of amides is 3. The molecule has 1 atom stereocenters. The number of carbonyl (C=O) groups is 2. The number of hydrogen-bond acceptors (Lipinski definition) is 3. The largest absolute Gasteiger partial charge is 0.416 e. The zero-order chi connectivity index (χ0) is 21.2. The molecule has 3 N–H and O–H groups in total. The Morgan fingerprint density at radius 2 is 1.83 bits per heavy atom. The van der Waals surface area contributed by atoms with Gasteiger partial charge in [-0.2, -0.15) is 13.2 Å². The van der Waals surface area contributed by atoms with Crippen LogP contribution in [-0.4, -0.2) is 18.2 Å². The van der Waals surface area contributed by atoms with Crippen LogP contribution in [0.1, 0.15) is 24.1 Å². The van der Waals surface area contributed by atoms with E-state index in [4.69, 9.17) is 0 Å². The maximum atomic E-state index is 12.9. The minimum absolute atomic E-state index is 0.0125. The maximum Gasteiger partial charge on any atom is 0.416 e. The average Bonchev–Trinajstić information content (AvgIpc) is 2.67. The number of alkyl halides is 3. The molecule has 0 saturated heterocycles. The molecule has 5 nitrogen and oxygen atoms in total. The highest BCUT2D eigenvalue weighted by Gasteiger charge is 2.33. The van der Waals surface area contributed by atoms with Gasteiger partial charge in [-0.05, 0) is 49.1 Å². The first-order chi connectivity index (χ1) is 13.7. The Morgan fingerprint density at radius 1 is 1.14 bits per heavy atom. The van der Waals surface area contributed by atoms with Crippen LogP contribution in [0.25, 0.3) is 0 Å². The molecule has 2 aromatic carbocycles. The molecule has 1 aliphatic rings. The lowest BCUT2D eigenvalue weighted by Crippen LogP contribution is -2.45. The van der Waals surface area contributed by atoms with Crippen LogP contribution in [0.5, 0.6) is 0 Å². The van der Waals surface area contributed by atoms with Crippen LogP contribution >= 0.6 is 11.8 Å². The number of urea groups is 1. The van der Waals surface area contributed by atoms with Crippen molar-refractivity contribution in [2.75, 3.05) is 11.6 Å². The van der Waals surface area contributed by atoms with Gasteiger partial charge in [0.25, 0.3) is 5.91 Å². The summed E-state index contributed by atoms with van der Waals surface area (Å²) >= 11 is 1.55. The van der Waals surface area contributed by atoms with E-state index in [9.17, 15) is 22.8 Å². The molecular weight excluding hydrogens is 403 g/mol. The molecule has 0 aliphatic carbocycles. The fraction of sp³-hybridized carbons (Fsp3) is 0.200. The van der Waals surface area contributed by atoms with Crippen LogP contribution in [0.15, 0.2) is 64.7 Å². The monoisotopic (exact) mass is 421 g/mol. The number of thioether (sulfide) groups is 1. The smallest absolute Gasteiger partial charge is 0.327 e. The Kier molecular flexibility index (Phi) is 5.88. The molecule has 1 heterocycles. The summed E-state index contributed by atoms with van der Waals surface area (Å²) in [5, 5.41) is 7.74. The van der Waals surface area contributed by atoms with Gasteiger partial charge in [-0.3, -0.25) is 4.79 Å². The fourth-order valence-corrected chi connectivity index (χ4v) is 3.42. The highest BCUT2D eigenvalue weighted by atomic mass is 32.2. The van der Waals surface area contributed by atoms with Gasteiger partial charge in [0.2, 0.25) is 0 Å². The van der Waals surface area contributed by atoms with Crippen molar-refractivity contribution in [2.45, 2.75) is 24.0 Å². The summed E-state index contributed by atoms with van der Waals surface area (Å²) in [7, 11) is 0. The standard InChI is InChI=1S/C20H18F3N3O2S/c1-11-16(18(27)25-14-5-3-4-13(10-14)20(21,22)23)17(26-19(28)24-11)12-6-8-15(29-2)9-7-12/h3-10,17H,1-2H3,(H,25,27)(H2,24,26,28)/t17-/m1/s1. The SMILES string of the molecule is CSc1ccc([C@H]2NC(=O)NC(C)=C2C(=O)Nc2cccc(C(F)(F)F)c2)cc1. The summed E-state index contributed by atoms with van der Waals surface area (Å²) in [5.41, 5.74) is 0.390. The first-order valence-corrected chi connectivity index (χ1v) is 9.82. The second-order valence-electron chi connectivity index (χ2n) is 6.38. The van der Waals surface area contributed by atoms with Crippen molar-refractivity contribution in [3.05, 3.63) is 70.9 Å². The topological polar surface area (TPSA) is 70.2 Å². The first kappa shape index (κ1) is 20.8. The van der Waals surface area contributed by atoms with E-state index in [1.165, 1.54) is 12.1 Å². The summed E-state index contributed by atoms with van der Waals surface area (Å²) in [5.74, 6) is -0.603. The number of allylic oxidation sites excluding steroid dienone is 1. The zero-order valence-corrected chi connectivity index (χ0v) is 16.4. The quantitative estimate of drug-likeness (QED) is 0.627. The third kappa shape index (κ3) is 4.73. The Balaban J connectivity index is 1.91. The summed E-state index contributed by atoms with van der Waals surface area (Å²) in [6.07, 6.45) is -2.59. The summed E-state index contributed by atoms with van der Waals surface area (Å²) < 4.78 is 38.8. The molecule has 3 rings (SSSR count). The molecular formula is C20H18F3N3O2S. The van der Waals surface area contributed by atoms with E-state index in [2.05, 4.69) is 16.0 Å². The highest BCUT2D eigenvalue weighted by Crippen LogP contribution is 2.32. The predicted molar refractivity (Wildman–Crippen MR) is 105 cm³/mol. The van der Waals surface area contributed by atoms with Crippen molar-refractivity contribution in [1.82, 2.24) is 10.6 Å². The molecule has 152 valence electrons. The van der Waals surface area contributed by atoms with E-state index < -0.39 is 29.7 Å². The Hall–Kier alpha value is -2.94. The van der Waals surface area contributed by atoms with Crippen LogP contribution < -0.4 is 16.0 Å². The number of anilines is 1. The van der Waals surface area contributed by atoms with Crippen LogP contribution in [0.4, 0.5) is 23.7 Å². The highest BCUT2D eigenvalue weighted by molar-refractivity contribution is 7.98. The maximum absolute atomic E-state index is 12.9. The predicted octanol–water partition coefficient (Wildman–Crippen LogP) is 4.69. The molecule has 0 bridgehead atoms. The molecule has 3 amide bonds. The summed E-state index contributed by atoms with van der Waals surface area (Å²) in [6, 6.07) is 10.5. The number of halogens is 3. The molecule has 0 fully saturated rings. The zero-order valence-electron chi connectivity index (χ0n) is 15.6. The van der Waals surface area contributed by atoms with E-state index in [0.29, 0.717) is 11.3 Å². The molecule has 9 heteroatoms. The van der Waals surface area contributed by atoms with Crippen molar-refractivity contribution < 1.29 is 22.8 Å². The van der Waals surface area contributed by atoms with Gasteiger partial charge in [-0.15, -0.1) is 11.8 Å². The van der Waals surface area contributed by atoms with Gasteiger partial charge >= 0.3 is 12.2 Å². The van der Waals surface area contributed by atoms with E-state index in [1.54, 1.807) is 30.8 Å². The van der Waals surface area contributed by atoms with Gasteiger partial charge < -0.3 is 16.0 Å². The molecule has 1 aliphatic heterocycles. The Labute approximate surface area is 169 Å². The third-order valence-electron chi connectivity index (χ3n) is 4.41. The van der Waals surface area contributed by atoms with Gasteiger partial charge in [0.1, 0.15) is 0 Å². The molecule has 0 spiro atoms. The van der Waals surface area contributed by atoms with Crippen LogP contribution in [0.2, 0.25) is 0 Å². The summed E-state index contributed by atoms with van der Waals surface area (Å²) in [6.45, 7) is 1.57. The van der Waals surface area contributed by atoms with Gasteiger partial charge in [-0.1, -0.05) is 18.2 Å². The second-order valence-corrected chi connectivity index (χ2v) is 7.26. The lowest BCUT2D eigenvalue weighted by Gasteiger charge is -2.28. The minimum Gasteiger partial charge on any atom is -0.327 e. The van der Waals surface area contributed by atoms with Crippen molar-refractivity contribution in [3.8, 4) is 0 Å². The van der Waals surface area contributed by atoms with Gasteiger partial charge in [0, 0.05) is 16.3 Å². The normalized spacial score (nSPS) is 16.9. The summed E-state index contributed by atoms with van der Waals surface area (Å²) in [4.78, 5) is 25.9. The number of benzene rings is 2. The molecule has 0 unspecified atom stereocenters. The first-order valence-electron chi connectivity index (χ1n) is 8.60. The number of carbonyl (C=O) groups excluding carboxylic acids is 2. The number of hydrogen-bond donors (Lipinski definition) is 3. The van der Waals surface area contributed by atoms with Crippen LogP contribution in [0.3, 0.4) is 0 Å². The van der Waals surface area contributed by atoms with E-state index in [-0.39, 0.29) is 11.3 Å². The van der Waals surface area contributed by atoms with Gasteiger partial charge in [0.15, 0.2) is 0 Å². The lowest BCUT2D eigenvalue weighted by molar-refractivity contribution is -0.137. The molecule has 2 aromatic rings.